The van der Waals surface area contributed by atoms with Crippen molar-refractivity contribution in [2.45, 2.75) is 226 Å². The summed E-state index contributed by atoms with van der Waals surface area (Å²) in [4.78, 5) is 37.5. The van der Waals surface area contributed by atoms with Crippen LogP contribution in [0.4, 0.5) is 0 Å². The van der Waals surface area contributed by atoms with Gasteiger partial charge >= 0.3 is 17.9 Å². The summed E-state index contributed by atoms with van der Waals surface area (Å²) in [6.45, 7) is 6.47. The van der Waals surface area contributed by atoms with Crippen molar-refractivity contribution in [2.24, 2.45) is 0 Å². The van der Waals surface area contributed by atoms with Crippen molar-refractivity contribution in [1.29, 1.82) is 0 Å². The number of carbonyl (C=O) groups is 3. The van der Waals surface area contributed by atoms with Crippen molar-refractivity contribution in [1.82, 2.24) is 0 Å². The highest BCUT2D eigenvalue weighted by atomic mass is 16.6. The Morgan fingerprint density at radius 3 is 1.17 bits per heavy atom. The summed E-state index contributed by atoms with van der Waals surface area (Å²) in [6.07, 6.45) is 49.6. The van der Waals surface area contributed by atoms with E-state index in [1.807, 2.05) is 0 Å². The average molecular weight is 757 g/mol. The van der Waals surface area contributed by atoms with Gasteiger partial charge in [-0.25, -0.2) is 0 Å². The zero-order chi connectivity index (χ0) is 39.4. The molecule has 0 aromatic rings. The lowest BCUT2D eigenvalue weighted by atomic mass is 10.1. The molecule has 0 saturated carbocycles. The van der Waals surface area contributed by atoms with Crippen LogP contribution in [0.25, 0.3) is 0 Å². The van der Waals surface area contributed by atoms with Crippen molar-refractivity contribution in [3.05, 3.63) is 48.6 Å². The molecule has 0 saturated heterocycles. The van der Waals surface area contributed by atoms with Crippen molar-refractivity contribution in [3.63, 3.8) is 0 Å². The second kappa shape index (κ2) is 43.1. The Hall–Kier alpha value is -2.63. The Morgan fingerprint density at radius 2 is 0.704 bits per heavy atom. The highest BCUT2D eigenvalue weighted by Gasteiger charge is 2.19. The second-order valence-electron chi connectivity index (χ2n) is 15.0. The van der Waals surface area contributed by atoms with Crippen LogP contribution in [0.15, 0.2) is 48.6 Å². The smallest absolute Gasteiger partial charge is 0.306 e. The monoisotopic (exact) mass is 757 g/mol. The Bertz CT molecular complexity index is 964. The number of hydrogen-bond donors (Lipinski definition) is 0. The minimum absolute atomic E-state index is 0.0807. The van der Waals surface area contributed by atoms with Gasteiger partial charge in [-0.1, -0.05) is 172 Å². The van der Waals surface area contributed by atoms with Crippen LogP contribution in [0.3, 0.4) is 0 Å². The fourth-order valence-electron chi connectivity index (χ4n) is 6.10. The minimum atomic E-state index is -0.776. The summed E-state index contributed by atoms with van der Waals surface area (Å²) < 4.78 is 16.6. The zero-order valence-corrected chi connectivity index (χ0v) is 35.5. The van der Waals surface area contributed by atoms with Crippen LogP contribution < -0.4 is 0 Å². The molecule has 1 unspecified atom stereocenters. The lowest BCUT2D eigenvalue weighted by Gasteiger charge is -2.18. The number of esters is 3. The fraction of sp³-hybridized carbons (Fsp3) is 0.771. The highest BCUT2D eigenvalue weighted by Crippen LogP contribution is 2.13. The molecule has 0 aliphatic carbocycles. The van der Waals surface area contributed by atoms with E-state index in [1.165, 1.54) is 83.5 Å². The summed E-state index contributed by atoms with van der Waals surface area (Å²) in [5.74, 6) is -0.914. The van der Waals surface area contributed by atoms with Gasteiger partial charge in [0, 0.05) is 19.3 Å². The van der Waals surface area contributed by atoms with E-state index >= 15 is 0 Å². The number of unbranched alkanes of at least 4 members (excludes halogenated alkanes) is 21. The molecule has 6 heteroatoms. The van der Waals surface area contributed by atoms with Gasteiger partial charge in [0.15, 0.2) is 6.10 Å². The first kappa shape index (κ1) is 51.4. The van der Waals surface area contributed by atoms with Crippen LogP contribution in [0.5, 0.6) is 0 Å². The molecule has 1 atom stereocenters. The van der Waals surface area contributed by atoms with Crippen molar-refractivity contribution in [2.75, 3.05) is 13.2 Å². The Labute approximate surface area is 333 Å². The molecule has 312 valence electrons. The second-order valence-corrected chi connectivity index (χ2v) is 15.0. The molecule has 0 aromatic heterocycles. The summed E-state index contributed by atoms with van der Waals surface area (Å²) in [6, 6.07) is 0. The molecule has 54 heavy (non-hydrogen) atoms. The molecule has 0 heterocycles. The summed E-state index contributed by atoms with van der Waals surface area (Å²) in [7, 11) is 0. The van der Waals surface area contributed by atoms with E-state index in [9.17, 15) is 14.4 Å². The summed E-state index contributed by atoms with van der Waals surface area (Å²) in [5, 5.41) is 0. The number of ether oxygens (including phenoxy) is 3. The minimum Gasteiger partial charge on any atom is -0.462 e. The first-order chi connectivity index (χ1) is 26.5. The average Bonchev–Trinajstić information content (AvgIpc) is 3.17. The maximum atomic E-state index is 12.6. The van der Waals surface area contributed by atoms with E-state index in [0.29, 0.717) is 19.3 Å². The van der Waals surface area contributed by atoms with E-state index < -0.39 is 6.10 Å². The van der Waals surface area contributed by atoms with E-state index in [0.717, 1.165) is 96.3 Å². The normalized spacial score (nSPS) is 12.4. The molecule has 0 fully saturated rings. The maximum absolute atomic E-state index is 12.6. The van der Waals surface area contributed by atoms with Gasteiger partial charge in [-0.15, -0.1) is 0 Å². The third kappa shape index (κ3) is 40.6. The van der Waals surface area contributed by atoms with Crippen LogP contribution in [0.2, 0.25) is 0 Å². The van der Waals surface area contributed by atoms with Gasteiger partial charge in [-0.3, -0.25) is 14.4 Å². The van der Waals surface area contributed by atoms with Crippen LogP contribution >= 0.6 is 0 Å². The summed E-state index contributed by atoms with van der Waals surface area (Å²) >= 11 is 0. The van der Waals surface area contributed by atoms with Crippen LogP contribution in [0.1, 0.15) is 220 Å². The molecule has 0 N–H and O–H groups in total. The molecular weight excluding hydrogens is 673 g/mol. The van der Waals surface area contributed by atoms with Crippen LogP contribution in [-0.2, 0) is 28.6 Å². The molecule has 0 aliphatic rings. The highest BCUT2D eigenvalue weighted by molar-refractivity contribution is 5.71. The lowest BCUT2D eigenvalue weighted by molar-refractivity contribution is -0.167. The van der Waals surface area contributed by atoms with Crippen LogP contribution in [-0.4, -0.2) is 37.2 Å². The number of allylic oxidation sites excluding steroid dienone is 8. The fourth-order valence-corrected chi connectivity index (χ4v) is 6.10. The predicted molar refractivity (Wildman–Crippen MR) is 229 cm³/mol. The van der Waals surface area contributed by atoms with Crippen molar-refractivity contribution < 1.29 is 28.6 Å². The first-order valence-corrected chi connectivity index (χ1v) is 22.6. The Kier molecular flexibility index (Phi) is 41.0. The Morgan fingerprint density at radius 1 is 0.370 bits per heavy atom. The van der Waals surface area contributed by atoms with Gasteiger partial charge in [0.1, 0.15) is 13.2 Å². The number of rotatable bonds is 40. The zero-order valence-electron chi connectivity index (χ0n) is 35.5. The molecule has 6 nitrogen and oxygen atoms in total. The standard InChI is InChI=1S/C48H84O6/c1-4-7-10-13-16-18-20-21-22-23-24-25-26-27-28-30-32-35-38-41-47(50)53-44-45(43-52-46(49)40-37-34-31-15-12-9-6-3)54-48(51)42-39-36-33-29-19-17-14-11-8-5-2/h11,14,16,18,21-22,24-25,45H,4-10,12-13,15,17,19-20,23,26-44H2,1-3H3/b14-11-,18-16-,22-21-,25-24-. The third-order valence-corrected chi connectivity index (χ3v) is 9.54. The maximum Gasteiger partial charge on any atom is 0.306 e. The molecule has 0 aromatic carbocycles. The van der Waals surface area contributed by atoms with E-state index in [4.69, 9.17) is 14.2 Å². The quantitative estimate of drug-likeness (QED) is 0.0268. The molecule has 0 rings (SSSR count). The van der Waals surface area contributed by atoms with E-state index in [1.54, 1.807) is 0 Å². The van der Waals surface area contributed by atoms with Gasteiger partial charge in [0.2, 0.25) is 0 Å². The van der Waals surface area contributed by atoms with Gasteiger partial charge in [-0.2, -0.15) is 0 Å². The van der Waals surface area contributed by atoms with Gasteiger partial charge in [0.25, 0.3) is 0 Å². The molecular formula is C48H84O6. The number of hydrogen-bond acceptors (Lipinski definition) is 6. The molecule has 0 bridgehead atoms. The van der Waals surface area contributed by atoms with E-state index in [-0.39, 0.29) is 31.1 Å². The molecule has 0 radical (unpaired) electrons. The molecule has 0 amide bonds. The predicted octanol–water partition coefficient (Wildman–Crippen LogP) is 14.4. The summed E-state index contributed by atoms with van der Waals surface area (Å²) in [5.41, 5.74) is 0. The third-order valence-electron chi connectivity index (χ3n) is 9.54. The molecule has 0 aliphatic heterocycles. The van der Waals surface area contributed by atoms with Gasteiger partial charge in [0.05, 0.1) is 0 Å². The Balaban J connectivity index is 4.27. The van der Waals surface area contributed by atoms with Crippen molar-refractivity contribution in [3.8, 4) is 0 Å². The molecule has 0 spiro atoms. The van der Waals surface area contributed by atoms with Crippen LogP contribution in [0, 0.1) is 0 Å². The largest absolute Gasteiger partial charge is 0.462 e. The SMILES string of the molecule is CCC/C=C\CCCCCCCC(=O)OC(COC(=O)CCCCCCCCC)COC(=O)CCCCCCCC/C=C\C/C=C\C/C=C\CCCCC. The number of carbonyl (C=O) groups excluding carboxylic acids is 3. The lowest BCUT2D eigenvalue weighted by Crippen LogP contribution is -2.30. The first-order valence-electron chi connectivity index (χ1n) is 22.6. The van der Waals surface area contributed by atoms with Crippen molar-refractivity contribution >= 4 is 17.9 Å². The van der Waals surface area contributed by atoms with Gasteiger partial charge in [-0.05, 0) is 77.0 Å². The van der Waals surface area contributed by atoms with Gasteiger partial charge < -0.3 is 14.2 Å². The van der Waals surface area contributed by atoms with E-state index in [2.05, 4.69) is 69.4 Å². The topological polar surface area (TPSA) is 78.9 Å².